The van der Waals surface area contributed by atoms with Crippen molar-refractivity contribution in [1.29, 1.82) is 0 Å². The quantitative estimate of drug-likeness (QED) is 0.569. The van der Waals surface area contributed by atoms with Crippen LogP contribution in [-0.4, -0.2) is 59.7 Å². The van der Waals surface area contributed by atoms with Crippen LogP contribution >= 0.6 is 0 Å². The molecule has 1 atom stereocenters. The van der Waals surface area contributed by atoms with Gasteiger partial charge in [0.2, 0.25) is 0 Å². The van der Waals surface area contributed by atoms with Gasteiger partial charge in [-0.25, -0.2) is 4.98 Å². The number of piperazine rings is 1. The number of hydrogen-bond donors (Lipinski definition) is 1. The molecule has 2 fully saturated rings. The van der Waals surface area contributed by atoms with Gasteiger partial charge in [0.15, 0.2) is 11.5 Å². The van der Waals surface area contributed by atoms with E-state index in [-0.39, 0.29) is 18.1 Å². The molecule has 1 N–H and O–H groups in total. The number of nitrogens with one attached hydrogen (secondary N) is 1. The van der Waals surface area contributed by atoms with E-state index in [0.29, 0.717) is 12.2 Å². The van der Waals surface area contributed by atoms with Crippen LogP contribution in [0.3, 0.4) is 0 Å². The van der Waals surface area contributed by atoms with Crippen molar-refractivity contribution in [2.24, 2.45) is 0 Å². The van der Waals surface area contributed by atoms with E-state index in [0.717, 1.165) is 49.5 Å². The number of hydrogen-bond acceptors (Lipinski definition) is 5. The Labute approximate surface area is 200 Å². The van der Waals surface area contributed by atoms with Crippen LogP contribution in [0.5, 0.6) is 11.5 Å². The largest absolute Gasteiger partial charge is 0.493 e. The lowest BCUT2D eigenvalue weighted by Crippen LogP contribution is -2.56. The van der Waals surface area contributed by atoms with Gasteiger partial charge < -0.3 is 24.3 Å². The fourth-order valence-corrected chi connectivity index (χ4v) is 5.09. The van der Waals surface area contributed by atoms with Gasteiger partial charge in [-0.1, -0.05) is 30.3 Å². The summed E-state index contributed by atoms with van der Waals surface area (Å²) in [5.41, 5.74) is 2.85. The van der Waals surface area contributed by atoms with Gasteiger partial charge in [0.05, 0.1) is 31.8 Å². The second-order valence-corrected chi connectivity index (χ2v) is 9.11. The standard InChI is InChI=1S/C27H32N4O3/c1-33-25-12-11-21(16-26(25)34-23-9-5-6-10-23)30-13-14-31(27(32)24-17-28-19-29-24)22(18-30)15-20-7-3-2-4-8-20/h2-4,7-8,11-12,16-17,19,22-23H,5-6,9-10,13-15,18H2,1H3,(H,28,29)/t22-/m0/s1. The summed E-state index contributed by atoms with van der Waals surface area (Å²) in [6, 6.07) is 16.6. The zero-order valence-electron chi connectivity index (χ0n) is 19.7. The molecule has 5 rings (SSSR count). The molecule has 2 heterocycles. The molecule has 2 aromatic carbocycles. The number of imidazole rings is 1. The molecular weight excluding hydrogens is 428 g/mol. The molecule has 1 saturated carbocycles. The van der Waals surface area contributed by atoms with Crippen LogP contribution in [0.25, 0.3) is 0 Å². The Morgan fingerprint density at radius 3 is 2.65 bits per heavy atom. The van der Waals surface area contributed by atoms with Crippen molar-refractivity contribution < 1.29 is 14.3 Å². The summed E-state index contributed by atoms with van der Waals surface area (Å²) < 4.78 is 11.9. The lowest BCUT2D eigenvalue weighted by atomic mass is 10.0. The number of H-pyrrole nitrogens is 1. The smallest absolute Gasteiger partial charge is 0.272 e. The van der Waals surface area contributed by atoms with E-state index in [1.54, 1.807) is 19.6 Å². The van der Waals surface area contributed by atoms with Crippen molar-refractivity contribution in [3.63, 3.8) is 0 Å². The van der Waals surface area contributed by atoms with Crippen LogP contribution in [0.15, 0.2) is 61.1 Å². The first-order valence-electron chi connectivity index (χ1n) is 12.1. The summed E-state index contributed by atoms with van der Waals surface area (Å²) in [6.07, 6.45) is 8.85. The van der Waals surface area contributed by atoms with Gasteiger partial charge in [-0.15, -0.1) is 0 Å². The summed E-state index contributed by atoms with van der Waals surface area (Å²) in [5, 5.41) is 0. The Hall–Kier alpha value is -3.48. The maximum atomic E-state index is 13.2. The van der Waals surface area contributed by atoms with Crippen molar-refractivity contribution in [2.75, 3.05) is 31.6 Å². The molecule has 0 unspecified atom stereocenters. The molecule has 2 aliphatic rings. The molecule has 178 valence electrons. The molecule has 34 heavy (non-hydrogen) atoms. The van der Waals surface area contributed by atoms with Crippen LogP contribution in [0.2, 0.25) is 0 Å². The van der Waals surface area contributed by atoms with Crippen molar-refractivity contribution in [3.8, 4) is 11.5 Å². The van der Waals surface area contributed by atoms with E-state index in [1.165, 1.54) is 18.4 Å². The maximum Gasteiger partial charge on any atom is 0.272 e. The number of carbonyl (C=O) groups excluding carboxylic acids is 1. The van der Waals surface area contributed by atoms with Gasteiger partial charge in [0.25, 0.3) is 5.91 Å². The molecule has 1 aliphatic carbocycles. The molecule has 0 spiro atoms. The van der Waals surface area contributed by atoms with Gasteiger partial charge >= 0.3 is 0 Å². The average molecular weight is 461 g/mol. The highest BCUT2D eigenvalue weighted by molar-refractivity contribution is 5.92. The molecule has 1 amide bonds. The minimum absolute atomic E-state index is 0.00179. The number of ether oxygens (including phenoxy) is 2. The van der Waals surface area contributed by atoms with Crippen molar-refractivity contribution >= 4 is 11.6 Å². The molecule has 0 bridgehead atoms. The maximum absolute atomic E-state index is 13.2. The highest BCUT2D eigenvalue weighted by Gasteiger charge is 2.32. The zero-order valence-corrected chi connectivity index (χ0v) is 19.7. The summed E-state index contributed by atoms with van der Waals surface area (Å²) in [4.78, 5) is 24.6. The van der Waals surface area contributed by atoms with Crippen LogP contribution in [0, 0.1) is 0 Å². The van der Waals surface area contributed by atoms with Crippen LogP contribution in [0.1, 0.15) is 41.7 Å². The van der Waals surface area contributed by atoms with E-state index < -0.39 is 0 Å². The number of nitrogens with zero attached hydrogens (tertiary/aromatic N) is 3. The molecule has 0 radical (unpaired) electrons. The highest BCUT2D eigenvalue weighted by atomic mass is 16.5. The Bertz CT molecular complexity index is 1080. The van der Waals surface area contributed by atoms with Gasteiger partial charge in [-0.2, -0.15) is 0 Å². The lowest BCUT2D eigenvalue weighted by molar-refractivity contribution is 0.0650. The first-order chi connectivity index (χ1) is 16.7. The lowest BCUT2D eigenvalue weighted by Gasteiger charge is -2.42. The fraction of sp³-hybridized carbons (Fsp3) is 0.407. The summed E-state index contributed by atoms with van der Waals surface area (Å²) >= 11 is 0. The summed E-state index contributed by atoms with van der Waals surface area (Å²) in [6.45, 7) is 2.13. The number of methoxy groups -OCH3 is 1. The van der Waals surface area contributed by atoms with Crippen molar-refractivity contribution in [3.05, 3.63) is 72.3 Å². The SMILES string of the molecule is COc1ccc(N2CCN(C(=O)c3cnc[nH]3)[C@@H](Cc3ccccc3)C2)cc1OC1CCCC1. The van der Waals surface area contributed by atoms with Crippen molar-refractivity contribution in [2.45, 2.75) is 44.2 Å². The third-order valence-corrected chi connectivity index (χ3v) is 6.89. The fourth-order valence-electron chi connectivity index (χ4n) is 5.09. The second-order valence-electron chi connectivity index (χ2n) is 9.11. The zero-order chi connectivity index (χ0) is 23.3. The summed E-state index contributed by atoms with van der Waals surface area (Å²) in [7, 11) is 1.69. The Morgan fingerprint density at radius 2 is 1.91 bits per heavy atom. The molecule has 7 heteroatoms. The third-order valence-electron chi connectivity index (χ3n) is 6.89. The number of aromatic nitrogens is 2. The summed E-state index contributed by atoms with van der Waals surface area (Å²) in [5.74, 6) is 1.57. The Morgan fingerprint density at radius 1 is 1.09 bits per heavy atom. The van der Waals surface area contributed by atoms with Gasteiger partial charge in [-0.05, 0) is 49.8 Å². The third kappa shape index (κ3) is 4.88. The number of benzene rings is 2. The molecule has 3 aromatic rings. The van der Waals surface area contributed by atoms with E-state index in [2.05, 4.69) is 39.1 Å². The molecule has 1 aliphatic heterocycles. The van der Waals surface area contributed by atoms with Crippen LogP contribution < -0.4 is 14.4 Å². The molecule has 1 aromatic heterocycles. The number of rotatable bonds is 7. The van der Waals surface area contributed by atoms with E-state index >= 15 is 0 Å². The molecule has 7 nitrogen and oxygen atoms in total. The van der Waals surface area contributed by atoms with E-state index in [9.17, 15) is 4.79 Å². The van der Waals surface area contributed by atoms with Crippen LogP contribution in [0.4, 0.5) is 5.69 Å². The highest BCUT2D eigenvalue weighted by Crippen LogP contribution is 2.36. The van der Waals surface area contributed by atoms with Gasteiger partial charge in [0.1, 0.15) is 5.69 Å². The number of amides is 1. The van der Waals surface area contributed by atoms with Crippen LogP contribution in [-0.2, 0) is 6.42 Å². The predicted octanol–water partition coefficient (Wildman–Crippen LogP) is 4.31. The molecular formula is C27H32N4O3. The average Bonchev–Trinajstić information content (AvgIpc) is 3.59. The normalized spacial score (nSPS) is 18.8. The Balaban J connectivity index is 1.38. The number of aromatic amines is 1. The molecule has 1 saturated heterocycles. The van der Waals surface area contributed by atoms with E-state index in [4.69, 9.17) is 9.47 Å². The topological polar surface area (TPSA) is 70.7 Å². The van der Waals surface area contributed by atoms with E-state index in [1.807, 2.05) is 29.2 Å². The minimum Gasteiger partial charge on any atom is -0.493 e. The van der Waals surface area contributed by atoms with Gasteiger partial charge in [-0.3, -0.25) is 4.79 Å². The van der Waals surface area contributed by atoms with Gasteiger partial charge in [0, 0.05) is 31.4 Å². The first-order valence-corrected chi connectivity index (χ1v) is 12.1. The van der Waals surface area contributed by atoms with Crippen molar-refractivity contribution in [1.82, 2.24) is 14.9 Å². The Kier molecular flexibility index (Phi) is 6.70. The second kappa shape index (κ2) is 10.2. The predicted molar refractivity (Wildman–Crippen MR) is 132 cm³/mol. The first kappa shape index (κ1) is 22.3. The number of anilines is 1. The monoisotopic (exact) mass is 460 g/mol. The minimum atomic E-state index is -0.00179. The number of carbonyl (C=O) groups is 1.